The van der Waals surface area contributed by atoms with Crippen molar-refractivity contribution in [2.45, 2.75) is 45.8 Å². The zero-order valence-electron chi connectivity index (χ0n) is 10.8. The summed E-state index contributed by atoms with van der Waals surface area (Å²) in [7, 11) is -1.90. The first-order valence-corrected chi connectivity index (χ1v) is 10.2. The van der Waals surface area contributed by atoms with Gasteiger partial charge in [-0.3, -0.25) is 0 Å². The van der Waals surface area contributed by atoms with Crippen molar-refractivity contribution in [1.29, 1.82) is 0 Å². The molecule has 0 aliphatic carbocycles. The molecule has 0 amide bonds. The summed E-state index contributed by atoms with van der Waals surface area (Å²) in [5.74, 6) is 0. The van der Waals surface area contributed by atoms with Gasteiger partial charge >= 0.3 is 0 Å². The van der Waals surface area contributed by atoms with Crippen molar-refractivity contribution in [2.75, 3.05) is 6.54 Å². The van der Waals surface area contributed by atoms with E-state index in [-0.39, 0.29) is 0 Å². The maximum Gasteiger partial charge on any atom is 0.185 e. The van der Waals surface area contributed by atoms with Gasteiger partial charge in [-0.2, -0.15) is 0 Å². The van der Waals surface area contributed by atoms with Crippen molar-refractivity contribution < 1.29 is 0 Å². The monoisotopic (exact) mass is 240 g/mol. The summed E-state index contributed by atoms with van der Waals surface area (Å²) < 4.78 is 2.76. The van der Waals surface area contributed by atoms with Crippen LogP contribution in [0.25, 0.3) is 0 Å². The molecule has 0 heterocycles. The first-order chi connectivity index (χ1) is 7.15. The molecular weight excluding hydrogens is 214 g/mol. The van der Waals surface area contributed by atoms with Crippen LogP contribution in [0.15, 0.2) is 24.6 Å². The Labute approximate surface area is 98.7 Å². The Bertz CT molecular complexity index is 184. The minimum atomic E-state index is -1.22. The molecule has 0 spiro atoms. The number of hydrogen-bond donors (Lipinski definition) is 0. The molecule has 0 aliphatic heterocycles. The van der Waals surface area contributed by atoms with Crippen molar-refractivity contribution in [2.24, 2.45) is 0 Å². The number of hydrogen-bond acceptors (Lipinski definition) is 1. The van der Waals surface area contributed by atoms with Crippen molar-refractivity contribution in [3.05, 3.63) is 24.6 Å². The van der Waals surface area contributed by atoms with Crippen LogP contribution in [0.3, 0.4) is 0 Å². The lowest BCUT2D eigenvalue weighted by Gasteiger charge is -2.43. The molecule has 0 saturated carbocycles. The van der Waals surface area contributed by atoms with Crippen LogP contribution in [-0.2, 0) is 0 Å². The van der Waals surface area contributed by atoms with E-state index in [1.807, 2.05) is 0 Å². The molecule has 0 fully saturated rings. The van der Waals surface area contributed by atoms with E-state index in [4.69, 9.17) is 0 Å². The molecule has 0 saturated heterocycles. The van der Waals surface area contributed by atoms with Gasteiger partial charge in [0.1, 0.15) is 8.24 Å². The van der Waals surface area contributed by atoms with Gasteiger partial charge in [-0.25, -0.2) is 0 Å². The zero-order chi connectivity index (χ0) is 11.9. The molecule has 0 aromatic carbocycles. The summed E-state index contributed by atoms with van der Waals surface area (Å²) in [4.78, 5) is 0. The lowest BCUT2D eigenvalue weighted by Crippen LogP contribution is -2.57. The summed E-state index contributed by atoms with van der Waals surface area (Å²) in [6.45, 7) is 18.4. The largest absolute Gasteiger partial charge is 0.340 e. The van der Waals surface area contributed by atoms with Crippen molar-refractivity contribution in [3.8, 4) is 0 Å². The maximum absolute atomic E-state index is 3.97. The van der Waals surface area contributed by atoms with Crippen LogP contribution in [0.5, 0.6) is 0 Å². The fourth-order valence-electron chi connectivity index (χ4n) is 2.42. The molecule has 0 aliphatic rings. The average Bonchev–Trinajstić information content (AvgIpc) is 2.30. The number of rotatable bonds is 8. The first-order valence-electron chi connectivity index (χ1n) is 6.05. The second-order valence-electron chi connectivity index (χ2n) is 3.86. The van der Waals surface area contributed by atoms with E-state index in [1.165, 1.54) is 18.1 Å². The molecule has 0 aromatic heterocycles. The summed E-state index contributed by atoms with van der Waals surface area (Å²) in [6.07, 6.45) is 0. The van der Waals surface area contributed by atoms with Gasteiger partial charge in [0.15, 0.2) is 8.96 Å². The predicted molar refractivity (Wildman–Crippen MR) is 75.7 cm³/mol. The highest BCUT2D eigenvalue weighted by Crippen LogP contribution is 2.26. The molecule has 3 heteroatoms. The summed E-state index contributed by atoms with van der Waals surface area (Å²) in [5, 5.41) is 0. The van der Waals surface area contributed by atoms with Crippen molar-refractivity contribution in [1.82, 2.24) is 4.23 Å². The SMILES string of the molecule is C=C[Si](C=C)N(CC)[Si](CC)(CC)CC. The molecule has 87 valence electrons. The highest BCUT2D eigenvalue weighted by Gasteiger charge is 2.36. The van der Waals surface area contributed by atoms with Gasteiger partial charge in [0.05, 0.1) is 0 Å². The van der Waals surface area contributed by atoms with Gasteiger partial charge in [-0.15, -0.1) is 13.2 Å². The van der Waals surface area contributed by atoms with E-state index >= 15 is 0 Å². The molecule has 15 heavy (non-hydrogen) atoms. The molecule has 0 aromatic rings. The van der Waals surface area contributed by atoms with Crippen LogP contribution < -0.4 is 0 Å². The Morgan fingerprint density at radius 2 is 1.40 bits per heavy atom. The van der Waals surface area contributed by atoms with E-state index < -0.39 is 17.2 Å². The molecule has 0 bridgehead atoms. The van der Waals surface area contributed by atoms with Crippen LogP contribution in [0.2, 0.25) is 18.1 Å². The quantitative estimate of drug-likeness (QED) is 0.584. The minimum absolute atomic E-state index is 0.682. The summed E-state index contributed by atoms with van der Waals surface area (Å²) in [5.41, 5.74) is 4.26. The lowest BCUT2D eigenvalue weighted by molar-refractivity contribution is 0.650. The Hall–Kier alpha value is -0.126. The van der Waals surface area contributed by atoms with E-state index in [2.05, 4.69) is 56.5 Å². The smallest absolute Gasteiger partial charge is 0.185 e. The second kappa shape index (κ2) is 7.20. The molecule has 0 unspecified atom stereocenters. The molecule has 0 atom stereocenters. The van der Waals surface area contributed by atoms with E-state index in [0.29, 0.717) is 0 Å². The highest BCUT2D eigenvalue weighted by atomic mass is 28.4. The van der Waals surface area contributed by atoms with E-state index in [9.17, 15) is 0 Å². The Morgan fingerprint density at radius 1 is 1.00 bits per heavy atom. The molecule has 0 N–H and O–H groups in total. The summed E-state index contributed by atoms with van der Waals surface area (Å²) >= 11 is 0. The first kappa shape index (κ1) is 14.9. The fourth-order valence-corrected chi connectivity index (χ4v) is 10.9. The standard InChI is InChI=1S/C12H26NSi2/c1-7-13(14(8-2)9-3)15(10-4,11-5)12-6/h8-9H,2-3,7,10-12H2,1,4-6H3. The molecule has 0 rings (SSSR count). The molecular formula is C12H26NSi2. The molecule has 1 radical (unpaired) electrons. The van der Waals surface area contributed by atoms with Crippen LogP contribution in [0.4, 0.5) is 0 Å². The molecule has 1 nitrogen and oxygen atoms in total. The predicted octanol–water partition coefficient (Wildman–Crippen LogP) is 3.76. The van der Waals surface area contributed by atoms with Gasteiger partial charge in [-0.05, 0) is 24.7 Å². The second-order valence-corrected chi connectivity index (χ2v) is 11.6. The van der Waals surface area contributed by atoms with Crippen LogP contribution in [-0.4, -0.2) is 28.0 Å². The maximum atomic E-state index is 3.97. The van der Waals surface area contributed by atoms with E-state index in [1.54, 1.807) is 0 Å². The average molecular weight is 241 g/mol. The van der Waals surface area contributed by atoms with Crippen LogP contribution in [0.1, 0.15) is 27.7 Å². The van der Waals surface area contributed by atoms with Crippen molar-refractivity contribution >= 4 is 17.2 Å². The van der Waals surface area contributed by atoms with Gasteiger partial charge in [0.25, 0.3) is 0 Å². The third kappa shape index (κ3) is 3.16. The lowest BCUT2D eigenvalue weighted by atomic mass is 10.8. The minimum Gasteiger partial charge on any atom is -0.340 e. The third-order valence-electron chi connectivity index (χ3n) is 3.59. The number of nitrogens with zero attached hydrogens (tertiary/aromatic N) is 1. The van der Waals surface area contributed by atoms with Crippen LogP contribution >= 0.6 is 0 Å². The van der Waals surface area contributed by atoms with Crippen LogP contribution in [0, 0.1) is 0 Å². The highest BCUT2D eigenvalue weighted by molar-refractivity contribution is 6.88. The Morgan fingerprint density at radius 3 is 1.60 bits per heavy atom. The zero-order valence-corrected chi connectivity index (χ0v) is 12.8. The Balaban J connectivity index is 5.02. The normalized spacial score (nSPS) is 12.1. The topological polar surface area (TPSA) is 3.24 Å². The van der Waals surface area contributed by atoms with Crippen molar-refractivity contribution in [3.63, 3.8) is 0 Å². The van der Waals surface area contributed by atoms with Gasteiger partial charge < -0.3 is 4.23 Å². The van der Waals surface area contributed by atoms with Gasteiger partial charge in [-0.1, -0.05) is 39.1 Å². The summed E-state index contributed by atoms with van der Waals surface area (Å²) in [6, 6.07) is 4.05. The van der Waals surface area contributed by atoms with E-state index in [0.717, 1.165) is 6.54 Å². The third-order valence-corrected chi connectivity index (χ3v) is 13.0. The fraction of sp³-hybridized carbons (Fsp3) is 0.667. The van der Waals surface area contributed by atoms with Gasteiger partial charge in [0, 0.05) is 0 Å². The Kier molecular flexibility index (Phi) is 7.14. The van der Waals surface area contributed by atoms with Gasteiger partial charge in [0.2, 0.25) is 0 Å².